The van der Waals surface area contributed by atoms with Gasteiger partial charge in [-0.05, 0) is 30.0 Å². The molecule has 3 nitrogen and oxygen atoms in total. The Hall–Kier alpha value is -1.07. The van der Waals surface area contributed by atoms with E-state index < -0.39 is 10.0 Å². The summed E-state index contributed by atoms with van der Waals surface area (Å²) in [5.74, 6) is 0. The van der Waals surface area contributed by atoms with Gasteiger partial charge in [0.05, 0.1) is 0 Å². The lowest BCUT2D eigenvalue weighted by Gasteiger charge is -2.01. The highest BCUT2D eigenvalue weighted by Crippen LogP contribution is 2.19. The molecule has 0 unspecified atom stereocenters. The van der Waals surface area contributed by atoms with Crippen LogP contribution in [0.2, 0.25) is 0 Å². The first-order valence-electron chi connectivity index (χ1n) is 4.04. The molecule has 0 bridgehead atoms. The molecule has 0 aliphatic rings. The minimum absolute atomic E-state index is 0.369. The normalized spacial score (nSPS) is 11.8. The molecule has 5 heteroatoms. The van der Waals surface area contributed by atoms with E-state index in [4.69, 9.17) is 0 Å². The Balaban J connectivity index is 2.54. The number of aromatic nitrogens is 1. The third kappa shape index (κ3) is 1.49. The van der Waals surface area contributed by atoms with Gasteiger partial charge in [0.25, 0.3) is 10.0 Å². The third-order valence-corrected chi connectivity index (χ3v) is 4.85. The SMILES string of the molecule is Cc1ccn(S(=O)(=O)c2cccs2)c1. The molecule has 0 radical (unpaired) electrons. The van der Waals surface area contributed by atoms with Gasteiger partial charge in [0, 0.05) is 12.4 Å². The van der Waals surface area contributed by atoms with Crippen molar-refractivity contribution in [2.24, 2.45) is 0 Å². The molecule has 0 spiro atoms. The molecule has 0 aliphatic heterocycles. The predicted octanol–water partition coefficient (Wildman–Crippen LogP) is 2.10. The lowest BCUT2D eigenvalue weighted by molar-refractivity contribution is 0.589. The van der Waals surface area contributed by atoms with Crippen LogP contribution in [0.1, 0.15) is 5.56 Å². The van der Waals surface area contributed by atoms with Gasteiger partial charge in [0.15, 0.2) is 0 Å². The molecular weight excluding hydrogens is 218 g/mol. The third-order valence-electron chi connectivity index (χ3n) is 1.84. The molecule has 0 aromatic carbocycles. The Morgan fingerprint density at radius 3 is 2.64 bits per heavy atom. The molecule has 0 saturated carbocycles. The second-order valence-corrected chi connectivity index (χ2v) is 5.97. The molecule has 0 saturated heterocycles. The van der Waals surface area contributed by atoms with Crippen molar-refractivity contribution in [1.29, 1.82) is 0 Å². The van der Waals surface area contributed by atoms with Gasteiger partial charge in [-0.25, -0.2) is 3.97 Å². The van der Waals surface area contributed by atoms with Crippen molar-refractivity contribution in [2.75, 3.05) is 0 Å². The number of aryl methyl sites for hydroxylation is 1. The van der Waals surface area contributed by atoms with E-state index in [1.807, 2.05) is 6.92 Å². The molecule has 0 amide bonds. The fraction of sp³-hybridized carbons (Fsp3) is 0.111. The van der Waals surface area contributed by atoms with Gasteiger partial charge < -0.3 is 0 Å². The zero-order valence-electron chi connectivity index (χ0n) is 7.54. The van der Waals surface area contributed by atoms with Crippen LogP contribution in [0.25, 0.3) is 0 Å². The van der Waals surface area contributed by atoms with Crippen molar-refractivity contribution >= 4 is 21.4 Å². The van der Waals surface area contributed by atoms with Crippen LogP contribution in [0.3, 0.4) is 0 Å². The number of rotatable bonds is 2. The Labute approximate surface area is 86.7 Å². The number of nitrogens with zero attached hydrogens (tertiary/aromatic N) is 1. The summed E-state index contributed by atoms with van der Waals surface area (Å²) in [6.45, 7) is 1.86. The molecular formula is C9H9NO2S2. The molecule has 74 valence electrons. The monoisotopic (exact) mass is 227 g/mol. The highest BCUT2D eigenvalue weighted by molar-refractivity contribution is 7.92. The maximum Gasteiger partial charge on any atom is 0.277 e. The molecule has 0 fully saturated rings. The number of hydrogen-bond donors (Lipinski definition) is 0. The summed E-state index contributed by atoms with van der Waals surface area (Å²) in [5.41, 5.74) is 0.935. The van der Waals surface area contributed by atoms with E-state index in [1.54, 1.807) is 36.0 Å². The average Bonchev–Trinajstić information content (AvgIpc) is 2.72. The average molecular weight is 227 g/mol. The predicted molar refractivity (Wildman–Crippen MR) is 56.1 cm³/mol. The van der Waals surface area contributed by atoms with Crippen molar-refractivity contribution < 1.29 is 8.42 Å². The van der Waals surface area contributed by atoms with Crippen molar-refractivity contribution in [3.8, 4) is 0 Å². The molecule has 2 aromatic heterocycles. The van der Waals surface area contributed by atoms with Crippen molar-refractivity contribution in [2.45, 2.75) is 11.1 Å². The molecule has 0 N–H and O–H groups in total. The zero-order chi connectivity index (χ0) is 10.2. The zero-order valence-corrected chi connectivity index (χ0v) is 9.18. The maximum absolute atomic E-state index is 11.9. The van der Waals surface area contributed by atoms with Crippen molar-refractivity contribution in [3.05, 3.63) is 41.5 Å². The van der Waals surface area contributed by atoms with E-state index in [1.165, 1.54) is 15.3 Å². The standard InChI is InChI=1S/C9H9NO2S2/c1-8-4-5-10(7-8)14(11,12)9-3-2-6-13-9/h2-7H,1H3. The molecule has 0 atom stereocenters. The minimum Gasteiger partial charge on any atom is -0.248 e. The lowest BCUT2D eigenvalue weighted by atomic mass is 10.4. The van der Waals surface area contributed by atoms with Gasteiger partial charge in [-0.15, -0.1) is 11.3 Å². The van der Waals surface area contributed by atoms with E-state index in [0.29, 0.717) is 4.21 Å². The van der Waals surface area contributed by atoms with Crippen LogP contribution in [0.15, 0.2) is 40.2 Å². The van der Waals surface area contributed by atoms with Crippen LogP contribution in [-0.4, -0.2) is 12.4 Å². The molecule has 0 aliphatic carbocycles. The van der Waals surface area contributed by atoms with Gasteiger partial charge in [0.2, 0.25) is 0 Å². The van der Waals surface area contributed by atoms with Crippen LogP contribution >= 0.6 is 11.3 Å². The summed E-state index contributed by atoms with van der Waals surface area (Å²) in [6.07, 6.45) is 3.17. The van der Waals surface area contributed by atoms with Crippen LogP contribution in [-0.2, 0) is 10.0 Å². The van der Waals surface area contributed by atoms with Crippen LogP contribution in [0.5, 0.6) is 0 Å². The Morgan fingerprint density at radius 2 is 2.14 bits per heavy atom. The Morgan fingerprint density at radius 1 is 1.36 bits per heavy atom. The molecule has 2 aromatic rings. The summed E-state index contributed by atoms with van der Waals surface area (Å²) in [5, 5.41) is 1.75. The summed E-state index contributed by atoms with van der Waals surface area (Å²) in [7, 11) is -3.34. The lowest BCUT2D eigenvalue weighted by Crippen LogP contribution is -2.08. The summed E-state index contributed by atoms with van der Waals surface area (Å²) < 4.78 is 25.4. The highest BCUT2D eigenvalue weighted by atomic mass is 32.2. The van der Waals surface area contributed by atoms with E-state index >= 15 is 0 Å². The second kappa shape index (κ2) is 3.25. The smallest absolute Gasteiger partial charge is 0.248 e. The molecule has 14 heavy (non-hydrogen) atoms. The minimum atomic E-state index is -3.34. The molecule has 2 rings (SSSR count). The number of hydrogen-bond acceptors (Lipinski definition) is 3. The quantitative estimate of drug-likeness (QED) is 0.788. The van der Waals surface area contributed by atoms with Crippen LogP contribution in [0.4, 0.5) is 0 Å². The van der Waals surface area contributed by atoms with Crippen LogP contribution < -0.4 is 0 Å². The fourth-order valence-electron chi connectivity index (χ4n) is 1.14. The summed E-state index contributed by atoms with van der Waals surface area (Å²) in [6, 6.07) is 5.11. The Kier molecular flexibility index (Phi) is 2.20. The first-order valence-corrected chi connectivity index (χ1v) is 6.36. The van der Waals surface area contributed by atoms with Gasteiger partial charge in [-0.3, -0.25) is 0 Å². The topological polar surface area (TPSA) is 39.1 Å². The largest absolute Gasteiger partial charge is 0.277 e. The summed E-state index contributed by atoms with van der Waals surface area (Å²) in [4.78, 5) is 0. The van der Waals surface area contributed by atoms with Crippen molar-refractivity contribution in [1.82, 2.24) is 3.97 Å². The van der Waals surface area contributed by atoms with Gasteiger partial charge >= 0.3 is 0 Å². The van der Waals surface area contributed by atoms with E-state index in [0.717, 1.165) is 5.56 Å². The molecule has 2 heterocycles. The Bertz CT molecular complexity index is 523. The van der Waals surface area contributed by atoms with Crippen LogP contribution in [0, 0.1) is 6.92 Å². The van der Waals surface area contributed by atoms with E-state index in [2.05, 4.69) is 0 Å². The highest BCUT2D eigenvalue weighted by Gasteiger charge is 2.16. The van der Waals surface area contributed by atoms with E-state index in [-0.39, 0.29) is 0 Å². The van der Waals surface area contributed by atoms with Crippen molar-refractivity contribution in [3.63, 3.8) is 0 Å². The fourth-order valence-corrected chi connectivity index (χ4v) is 3.49. The van der Waals surface area contributed by atoms with E-state index in [9.17, 15) is 8.42 Å². The van der Waals surface area contributed by atoms with Gasteiger partial charge in [0.1, 0.15) is 4.21 Å². The second-order valence-electron chi connectivity index (χ2n) is 2.96. The number of thiophene rings is 1. The first kappa shape index (κ1) is 9.48. The first-order chi connectivity index (χ1) is 6.60. The van der Waals surface area contributed by atoms with Gasteiger partial charge in [-0.1, -0.05) is 6.07 Å². The van der Waals surface area contributed by atoms with Gasteiger partial charge in [-0.2, -0.15) is 8.42 Å². The maximum atomic E-state index is 11.9. The summed E-state index contributed by atoms with van der Waals surface area (Å²) >= 11 is 1.23.